The van der Waals surface area contributed by atoms with E-state index < -0.39 is 6.10 Å². The molecule has 21 heavy (non-hydrogen) atoms. The Balaban J connectivity index is 1.82. The monoisotopic (exact) mass is 291 g/mol. The summed E-state index contributed by atoms with van der Waals surface area (Å²) < 4.78 is 0. The Labute approximate surface area is 126 Å². The van der Waals surface area contributed by atoms with Crippen LogP contribution in [-0.4, -0.2) is 42.2 Å². The van der Waals surface area contributed by atoms with Crippen molar-refractivity contribution in [2.24, 2.45) is 0 Å². The zero-order valence-corrected chi connectivity index (χ0v) is 12.8. The average molecular weight is 291 g/mol. The lowest BCUT2D eigenvalue weighted by Gasteiger charge is -2.32. The maximum atomic E-state index is 11.9. The number of piperidine rings is 1. The molecule has 0 saturated carbocycles. The van der Waals surface area contributed by atoms with Gasteiger partial charge in [-0.3, -0.25) is 0 Å². The van der Waals surface area contributed by atoms with Gasteiger partial charge in [0.2, 0.25) is 0 Å². The summed E-state index contributed by atoms with van der Waals surface area (Å²) in [5.41, 5.74) is 1.49. The van der Waals surface area contributed by atoms with E-state index in [9.17, 15) is 9.90 Å². The van der Waals surface area contributed by atoms with Gasteiger partial charge in [-0.2, -0.15) is 0 Å². The van der Waals surface area contributed by atoms with Crippen molar-refractivity contribution in [2.45, 2.75) is 38.3 Å². The standard InChI is InChI=1S/C16H25N3O2/c1-12(20)13-6-5-7-14(10-13)18-16(21)17-11-15-8-3-4-9-19(15)2/h5-7,10,12,15,20H,3-4,8-9,11H2,1-2H3,(H2,17,18,21). The first-order chi connectivity index (χ1) is 10.1. The molecule has 0 spiro atoms. The van der Waals surface area contributed by atoms with Crippen LogP contribution in [0.4, 0.5) is 10.5 Å². The summed E-state index contributed by atoms with van der Waals surface area (Å²) in [7, 11) is 2.11. The molecule has 2 amide bonds. The van der Waals surface area contributed by atoms with Crippen molar-refractivity contribution in [3.05, 3.63) is 29.8 Å². The van der Waals surface area contributed by atoms with Gasteiger partial charge in [0.05, 0.1) is 6.10 Å². The van der Waals surface area contributed by atoms with Crippen LogP contribution in [0.5, 0.6) is 0 Å². The van der Waals surface area contributed by atoms with Crippen LogP contribution < -0.4 is 10.6 Å². The highest BCUT2D eigenvalue weighted by molar-refractivity contribution is 5.89. The zero-order valence-electron chi connectivity index (χ0n) is 12.8. The molecule has 0 radical (unpaired) electrons. The molecule has 1 aromatic carbocycles. The molecule has 1 saturated heterocycles. The van der Waals surface area contributed by atoms with Crippen LogP contribution in [0.1, 0.15) is 37.9 Å². The smallest absolute Gasteiger partial charge is 0.319 e. The number of hydrogen-bond donors (Lipinski definition) is 3. The number of anilines is 1. The number of likely N-dealkylation sites (tertiary alicyclic amines) is 1. The molecule has 5 heteroatoms. The third-order valence-electron chi connectivity index (χ3n) is 4.05. The number of benzene rings is 1. The van der Waals surface area contributed by atoms with Crippen molar-refractivity contribution in [1.82, 2.24) is 10.2 Å². The van der Waals surface area contributed by atoms with Gasteiger partial charge >= 0.3 is 6.03 Å². The van der Waals surface area contributed by atoms with Crippen molar-refractivity contribution < 1.29 is 9.90 Å². The second-order valence-electron chi connectivity index (χ2n) is 5.77. The van der Waals surface area contributed by atoms with Gasteiger partial charge in [-0.25, -0.2) is 4.79 Å². The summed E-state index contributed by atoms with van der Waals surface area (Å²) in [4.78, 5) is 14.2. The van der Waals surface area contributed by atoms with Crippen molar-refractivity contribution in [1.29, 1.82) is 0 Å². The molecule has 2 rings (SSSR count). The molecular formula is C16H25N3O2. The summed E-state index contributed by atoms with van der Waals surface area (Å²) in [5, 5.41) is 15.3. The predicted octanol–water partition coefficient (Wildman–Crippen LogP) is 2.35. The maximum absolute atomic E-state index is 11.9. The SMILES string of the molecule is CC(O)c1cccc(NC(=O)NCC2CCCCN2C)c1. The van der Waals surface area contributed by atoms with Gasteiger partial charge in [0.25, 0.3) is 0 Å². The quantitative estimate of drug-likeness (QED) is 0.798. The van der Waals surface area contributed by atoms with Crippen LogP contribution in [-0.2, 0) is 0 Å². The van der Waals surface area contributed by atoms with Gasteiger partial charge in [0.15, 0.2) is 0 Å². The molecule has 1 fully saturated rings. The highest BCUT2D eigenvalue weighted by atomic mass is 16.3. The molecule has 1 aliphatic heterocycles. The van der Waals surface area contributed by atoms with Crippen LogP contribution in [0.3, 0.4) is 0 Å². The van der Waals surface area contributed by atoms with E-state index in [1.54, 1.807) is 13.0 Å². The Kier molecular flexibility index (Phi) is 5.59. The highest BCUT2D eigenvalue weighted by Crippen LogP contribution is 2.17. The minimum absolute atomic E-state index is 0.197. The lowest BCUT2D eigenvalue weighted by Crippen LogP contribution is -2.45. The van der Waals surface area contributed by atoms with E-state index in [-0.39, 0.29) is 6.03 Å². The van der Waals surface area contributed by atoms with E-state index in [0.717, 1.165) is 18.5 Å². The van der Waals surface area contributed by atoms with Crippen LogP contribution in [0, 0.1) is 0 Å². The number of carbonyl (C=O) groups is 1. The van der Waals surface area contributed by atoms with Crippen molar-refractivity contribution in [3.63, 3.8) is 0 Å². The molecule has 2 unspecified atom stereocenters. The topological polar surface area (TPSA) is 64.6 Å². The van der Waals surface area contributed by atoms with Gasteiger partial charge in [0.1, 0.15) is 0 Å². The number of amides is 2. The molecule has 0 aromatic heterocycles. The van der Waals surface area contributed by atoms with Gasteiger partial charge < -0.3 is 20.6 Å². The number of nitrogens with one attached hydrogen (secondary N) is 2. The maximum Gasteiger partial charge on any atom is 0.319 e. The van der Waals surface area contributed by atoms with Gasteiger partial charge in [-0.1, -0.05) is 18.6 Å². The summed E-state index contributed by atoms with van der Waals surface area (Å²) in [6.07, 6.45) is 3.07. The summed E-state index contributed by atoms with van der Waals surface area (Å²) in [6, 6.07) is 7.50. The van der Waals surface area contributed by atoms with E-state index in [1.807, 2.05) is 18.2 Å². The minimum Gasteiger partial charge on any atom is -0.389 e. The van der Waals surface area contributed by atoms with Gasteiger partial charge in [-0.05, 0) is 51.1 Å². The second kappa shape index (κ2) is 7.43. The number of hydrogen-bond acceptors (Lipinski definition) is 3. The third-order valence-corrected chi connectivity index (χ3v) is 4.05. The van der Waals surface area contributed by atoms with E-state index >= 15 is 0 Å². The Morgan fingerprint density at radius 3 is 3.00 bits per heavy atom. The number of carbonyl (C=O) groups excluding carboxylic acids is 1. The first kappa shape index (κ1) is 15.8. The zero-order chi connectivity index (χ0) is 15.2. The number of aliphatic hydroxyl groups excluding tert-OH is 1. The predicted molar refractivity (Wildman–Crippen MR) is 84.4 cm³/mol. The molecule has 3 N–H and O–H groups in total. The van der Waals surface area contributed by atoms with Crippen LogP contribution >= 0.6 is 0 Å². The van der Waals surface area contributed by atoms with Crippen molar-refractivity contribution in [2.75, 3.05) is 25.5 Å². The lowest BCUT2D eigenvalue weighted by atomic mass is 10.0. The number of rotatable bonds is 4. The minimum atomic E-state index is -0.536. The van der Waals surface area contributed by atoms with Crippen molar-refractivity contribution in [3.8, 4) is 0 Å². The highest BCUT2D eigenvalue weighted by Gasteiger charge is 2.19. The largest absolute Gasteiger partial charge is 0.389 e. The van der Waals surface area contributed by atoms with E-state index in [4.69, 9.17) is 0 Å². The Morgan fingerprint density at radius 2 is 2.29 bits per heavy atom. The fraction of sp³-hybridized carbons (Fsp3) is 0.562. The Bertz CT molecular complexity index is 476. The molecule has 5 nitrogen and oxygen atoms in total. The first-order valence-electron chi connectivity index (χ1n) is 7.59. The summed E-state index contributed by atoms with van der Waals surface area (Å²) >= 11 is 0. The van der Waals surface area contributed by atoms with E-state index in [2.05, 4.69) is 22.6 Å². The molecule has 2 atom stereocenters. The first-order valence-corrected chi connectivity index (χ1v) is 7.59. The molecule has 1 heterocycles. The third kappa shape index (κ3) is 4.72. The summed E-state index contributed by atoms with van der Waals surface area (Å²) in [6.45, 7) is 3.47. The van der Waals surface area contributed by atoms with E-state index in [1.165, 1.54) is 12.8 Å². The van der Waals surface area contributed by atoms with Crippen LogP contribution in [0.2, 0.25) is 0 Å². The molecular weight excluding hydrogens is 266 g/mol. The number of urea groups is 1. The van der Waals surface area contributed by atoms with Gasteiger partial charge in [0, 0.05) is 18.3 Å². The Hall–Kier alpha value is -1.59. The number of nitrogens with zero attached hydrogens (tertiary/aromatic N) is 1. The molecule has 0 bridgehead atoms. The normalized spacial score (nSPS) is 20.8. The molecule has 1 aromatic rings. The second-order valence-corrected chi connectivity index (χ2v) is 5.77. The van der Waals surface area contributed by atoms with Crippen molar-refractivity contribution >= 4 is 11.7 Å². The fourth-order valence-electron chi connectivity index (χ4n) is 2.66. The van der Waals surface area contributed by atoms with E-state index in [0.29, 0.717) is 18.3 Å². The number of likely N-dealkylation sites (N-methyl/N-ethyl adjacent to an activating group) is 1. The average Bonchev–Trinajstić information content (AvgIpc) is 2.46. The summed E-state index contributed by atoms with van der Waals surface area (Å²) in [5.74, 6) is 0. The molecule has 116 valence electrons. The van der Waals surface area contributed by atoms with Gasteiger partial charge in [-0.15, -0.1) is 0 Å². The lowest BCUT2D eigenvalue weighted by molar-refractivity contribution is 0.182. The fourth-order valence-corrected chi connectivity index (χ4v) is 2.66. The van der Waals surface area contributed by atoms with Crippen LogP contribution in [0.25, 0.3) is 0 Å². The Morgan fingerprint density at radius 1 is 1.48 bits per heavy atom. The van der Waals surface area contributed by atoms with Crippen LogP contribution in [0.15, 0.2) is 24.3 Å². The number of aliphatic hydroxyl groups is 1. The molecule has 1 aliphatic rings. The molecule has 0 aliphatic carbocycles.